The Morgan fingerprint density at radius 1 is 1.64 bits per heavy atom. The van der Waals surface area contributed by atoms with Crippen molar-refractivity contribution in [3.63, 3.8) is 0 Å². The largest absolute Gasteiger partial charge is 0.480 e. The van der Waals surface area contributed by atoms with Crippen LogP contribution in [0.5, 0.6) is 5.88 Å². The van der Waals surface area contributed by atoms with Crippen LogP contribution >= 0.6 is 15.9 Å². The summed E-state index contributed by atoms with van der Waals surface area (Å²) in [4.78, 5) is 14.2. The maximum Gasteiger partial charge on any atom is 0.266 e. The van der Waals surface area contributed by atoms with Crippen LogP contribution in [0.2, 0.25) is 0 Å². The first kappa shape index (κ1) is 11.0. The van der Waals surface area contributed by atoms with Crippen LogP contribution in [0.3, 0.4) is 0 Å². The van der Waals surface area contributed by atoms with E-state index in [2.05, 4.69) is 20.9 Å². The van der Waals surface area contributed by atoms with Crippen LogP contribution in [0, 0.1) is 0 Å². The molecule has 76 valence electrons. The van der Waals surface area contributed by atoms with Gasteiger partial charge in [0.2, 0.25) is 5.88 Å². The summed E-state index contributed by atoms with van der Waals surface area (Å²) in [6, 6.07) is 0. The number of halogens is 3. The van der Waals surface area contributed by atoms with Gasteiger partial charge in [0.1, 0.15) is 0 Å². The third-order valence-electron chi connectivity index (χ3n) is 1.60. The second-order valence-corrected chi connectivity index (χ2v) is 3.16. The highest BCUT2D eigenvalue weighted by Crippen LogP contribution is 2.31. The molecule has 0 aliphatic heterocycles. The normalized spacial score (nSPS) is 10.4. The molecule has 0 radical (unpaired) electrons. The number of hydrogen-bond acceptors (Lipinski definition) is 3. The Bertz CT molecular complexity index is 357. The smallest absolute Gasteiger partial charge is 0.266 e. The summed E-state index contributed by atoms with van der Waals surface area (Å²) in [5.41, 5.74) is -0.542. The van der Waals surface area contributed by atoms with E-state index in [1.807, 2.05) is 0 Å². The molecule has 0 aliphatic carbocycles. The Morgan fingerprint density at radius 3 is 2.71 bits per heavy atom. The predicted molar refractivity (Wildman–Crippen MR) is 48.8 cm³/mol. The van der Waals surface area contributed by atoms with Crippen molar-refractivity contribution in [1.82, 2.24) is 4.98 Å². The average Bonchev–Trinajstić information content (AvgIpc) is 2.17. The fourth-order valence-corrected chi connectivity index (χ4v) is 1.52. The van der Waals surface area contributed by atoms with Crippen molar-refractivity contribution in [2.75, 3.05) is 7.11 Å². The highest BCUT2D eigenvalue weighted by Gasteiger charge is 2.18. The lowest BCUT2D eigenvalue weighted by Gasteiger charge is -2.08. The number of alkyl halides is 2. The van der Waals surface area contributed by atoms with E-state index in [0.717, 1.165) is 6.20 Å². The van der Waals surface area contributed by atoms with Crippen molar-refractivity contribution in [2.24, 2.45) is 0 Å². The molecule has 0 N–H and O–H groups in total. The minimum absolute atomic E-state index is 0.108. The Hall–Kier alpha value is -1.04. The zero-order chi connectivity index (χ0) is 10.7. The Labute approximate surface area is 87.2 Å². The zero-order valence-electron chi connectivity index (χ0n) is 7.13. The molecule has 0 bridgehead atoms. The van der Waals surface area contributed by atoms with Crippen molar-refractivity contribution < 1.29 is 18.3 Å². The Kier molecular flexibility index (Phi) is 3.51. The summed E-state index contributed by atoms with van der Waals surface area (Å²) >= 11 is 2.97. The van der Waals surface area contributed by atoms with Crippen molar-refractivity contribution in [2.45, 2.75) is 6.43 Å². The highest BCUT2D eigenvalue weighted by atomic mass is 79.9. The number of hydrogen-bond donors (Lipinski definition) is 0. The van der Waals surface area contributed by atoms with Gasteiger partial charge >= 0.3 is 0 Å². The molecule has 1 heterocycles. The van der Waals surface area contributed by atoms with Gasteiger partial charge in [-0.05, 0) is 15.9 Å². The van der Waals surface area contributed by atoms with Crippen molar-refractivity contribution in [1.29, 1.82) is 0 Å². The molecule has 0 amide bonds. The van der Waals surface area contributed by atoms with Crippen LogP contribution in [0.1, 0.15) is 22.3 Å². The minimum Gasteiger partial charge on any atom is -0.480 e. The molecule has 6 heteroatoms. The SMILES string of the molecule is COc1ncc(C(F)F)c(C=O)c1Br. The Morgan fingerprint density at radius 2 is 2.29 bits per heavy atom. The number of aromatic nitrogens is 1. The second kappa shape index (κ2) is 4.45. The molecule has 0 aromatic carbocycles. The fourth-order valence-electron chi connectivity index (χ4n) is 0.932. The van der Waals surface area contributed by atoms with Crippen LogP contribution in [0.4, 0.5) is 8.78 Å². The molecular formula is C8H6BrF2NO2. The van der Waals surface area contributed by atoms with E-state index < -0.39 is 12.0 Å². The second-order valence-electron chi connectivity index (χ2n) is 2.37. The summed E-state index contributed by atoms with van der Waals surface area (Å²) < 4.78 is 29.6. The number of aldehydes is 1. The standard InChI is InChI=1S/C8H6BrF2NO2/c1-14-8-6(9)5(3-13)4(2-12-8)7(10)11/h2-3,7H,1H3. The van der Waals surface area contributed by atoms with Gasteiger partial charge in [0.05, 0.1) is 11.6 Å². The van der Waals surface area contributed by atoms with Crippen LogP contribution in [0.15, 0.2) is 10.7 Å². The molecule has 0 unspecified atom stereocenters. The predicted octanol–water partition coefficient (Wildman–Crippen LogP) is 2.60. The van der Waals surface area contributed by atoms with Crippen LogP contribution < -0.4 is 4.74 Å². The van der Waals surface area contributed by atoms with Gasteiger partial charge < -0.3 is 4.74 Å². The lowest BCUT2D eigenvalue weighted by atomic mass is 10.1. The first-order valence-corrected chi connectivity index (χ1v) is 4.36. The molecule has 14 heavy (non-hydrogen) atoms. The third kappa shape index (κ3) is 1.89. The molecule has 0 aliphatic rings. The van der Waals surface area contributed by atoms with Gasteiger partial charge in [0.15, 0.2) is 6.29 Å². The van der Waals surface area contributed by atoms with Crippen LogP contribution in [-0.2, 0) is 0 Å². The van der Waals surface area contributed by atoms with E-state index in [0.29, 0.717) is 6.29 Å². The van der Waals surface area contributed by atoms with Crippen LogP contribution in [-0.4, -0.2) is 18.4 Å². The maximum atomic E-state index is 12.4. The van der Waals surface area contributed by atoms with Gasteiger partial charge in [-0.2, -0.15) is 0 Å². The molecule has 1 aromatic rings. The first-order chi connectivity index (χ1) is 6.61. The van der Waals surface area contributed by atoms with E-state index in [-0.39, 0.29) is 15.9 Å². The molecule has 1 aromatic heterocycles. The van der Waals surface area contributed by atoms with Crippen LogP contribution in [0.25, 0.3) is 0 Å². The molecule has 0 fully saturated rings. The van der Waals surface area contributed by atoms with Crippen molar-refractivity contribution in [3.8, 4) is 5.88 Å². The summed E-state index contributed by atoms with van der Waals surface area (Å²) in [5, 5.41) is 0. The number of methoxy groups -OCH3 is 1. The number of pyridine rings is 1. The summed E-state index contributed by atoms with van der Waals surface area (Å²) in [5.74, 6) is 0.108. The summed E-state index contributed by atoms with van der Waals surface area (Å²) in [6.45, 7) is 0. The quantitative estimate of drug-likeness (QED) is 0.789. The first-order valence-electron chi connectivity index (χ1n) is 3.57. The lowest BCUT2D eigenvalue weighted by Crippen LogP contribution is -1.99. The summed E-state index contributed by atoms with van der Waals surface area (Å²) in [6.07, 6.45) is -1.46. The number of carbonyl (C=O) groups excluding carboxylic acids is 1. The topological polar surface area (TPSA) is 39.2 Å². The van der Waals surface area contributed by atoms with Gasteiger partial charge in [-0.3, -0.25) is 4.79 Å². The number of nitrogens with zero attached hydrogens (tertiary/aromatic N) is 1. The fraction of sp³-hybridized carbons (Fsp3) is 0.250. The Balaban J connectivity index is 3.35. The third-order valence-corrected chi connectivity index (χ3v) is 2.37. The molecule has 0 spiro atoms. The monoisotopic (exact) mass is 265 g/mol. The maximum absolute atomic E-state index is 12.4. The van der Waals surface area contributed by atoms with E-state index >= 15 is 0 Å². The van der Waals surface area contributed by atoms with Gasteiger partial charge in [0, 0.05) is 17.3 Å². The van der Waals surface area contributed by atoms with Crippen molar-refractivity contribution >= 4 is 22.2 Å². The molecule has 0 saturated heterocycles. The van der Waals surface area contributed by atoms with Gasteiger partial charge in [-0.1, -0.05) is 0 Å². The summed E-state index contributed by atoms with van der Waals surface area (Å²) in [7, 11) is 1.34. The lowest BCUT2D eigenvalue weighted by molar-refractivity contribution is 0.110. The van der Waals surface area contributed by atoms with E-state index in [1.165, 1.54) is 7.11 Å². The molecule has 3 nitrogen and oxygen atoms in total. The average molecular weight is 266 g/mol. The number of carbonyl (C=O) groups is 1. The molecule has 1 rings (SSSR count). The van der Waals surface area contributed by atoms with E-state index in [9.17, 15) is 13.6 Å². The number of ether oxygens (including phenoxy) is 1. The van der Waals surface area contributed by atoms with Gasteiger partial charge in [0.25, 0.3) is 6.43 Å². The number of rotatable bonds is 3. The zero-order valence-corrected chi connectivity index (χ0v) is 8.72. The van der Waals surface area contributed by atoms with E-state index in [4.69, 9.17) is 4.74 Å². The van der Waals surface area contributed by atoms with Crippen molar-refractivity contribution in [3.05, 3.63) is 21.8 Å². The van der Waals surface area contributed by atoms with E-state index in [1.54, 1.807) is 0 Å². The van der Waals surface area contributed by atoms with Gasteiger partial charge in [-0.15, -0.1) is 0 Å². The molecule has 0 atom stereocenters. The highest BCUT2D eigenvalue weighted by molar-refractivity contribution is 9.10. The molecular weight excluding hydrogens is 260 g/mol. The molecule has 0 saturated carbocycles. The van der Waals surface area contributed by atoms with Gasteiger partial charge in [-0.25, -0.2) is 13.8 Å². The minimum atomic E-state index is -2.73.